The van der Waals surface area contributed by atoms with Crippen molar-refractivity contribution in [2.75, 3.05) is 5.32 Å². The maximum absolute atomic E-state index is 5.31. The Balaban J connectivity index is 1.93. The Labute approximate surface area is 105 Å². The van der Waals surface area contributed by atoms with Crippen molar-refractivity contribution < 1.29 is 4.42 Å². The van der Waals surface area contributed by atoms with E-state index in [-0.39, 0.29) is 0 Å². The minimum atomic E-state index is 0.681. The lowest BCUT2D eigenvalue weighted by Crippen LogP contribution is -1.99. The van der Waals surface area contributed by atoms with E-state index < -0.39 is 0 Å². The highest BCUT2D eigenvalue weighted by molar-refractivity contribution is 5.91. The summed E-state index contributed by atoms with van der Waals surface area (Å²) >= 11 is 0. The van der Waals surface area contributed by atoms with Crippen LogP contribution in [-0.4, -0.2) is 4.98 Å². The van der Waals surface area contributed by atoms with E-state index in [9.17, 15) is 0 Å². The highest BCUT2D eigenvalue weighted by atomic mass is 16.3. The van der Waals surface area contributed by atoms with E-state index in [0.717, 1.165) is 22.4 Å². The molecule has 0 saturated carbocycles. The van der Waals surface area contributed by atoms with Crippen molar-refractivity contribution in [2.24, 2.45) is 0 Å². The van der Waals surface area contributed by atoms with Crippen molar-refractivity contribution in [2.45, 2.75) is 13.5 Å². The van der Waals surface area contributed by atoms with Crippen molar-refractivity contribution in [3.05, 3.63) is 60.2 Å². The normalized spacial score (nSPS) is 10.7. The van der Waals surface area contributed by atoms with E-state index in [2.05, 4.69) is 29.4 Å². The summed E-state index contributed by atoms with van der Waals surface area (Å²) in [5, 5.41) is 4.53. The fourth-order valence-corrected chi connectivity index (χ4v) is 2.01. The molecule has 1 aromatic carbocycles. The predicted molar refractivity (Wildman–Crippen MR) is 72.5 cm³/mol. The molecule has 3 nitrogen and oxygen atoms in total. The molecule has 0 radical (unpaired) electrons. The quantitative estimate of drug-likeness (QED) is 0.755. The summed E-state index contributed by atoms with van der Waals surface area (Å²) in [7, 11) is 0. The summed E-state index contributed by atoms with van der Waals surface area (Å²) < 4.78 is 5.31. The van der Waals surface area contributed by atoms with Crippen LogP contribution in [-0.2, 0) is 6.54 Å². The Hall–Kier alpha value is -2.29. The largest absolute Gasteiger partial charge is 0.467 e. The van der Waals surface area contributed by atoms with Gasteiger partial charge in [-0.25, -0.2) is 0 Å². The van der Waals surface area contributed by atoms with Crippen LogP contribution in [0.4, 0.5) is 5.69 Å². The lowest BCUT2D eigenvalue weighted by molar-refractivity contribution is 0.518. The van der Waals surface area contributed by atoms with Crippen molar-refractivity contribution in [3.63, 3.8) is 0 Å². The first-order valence-corrected chi connectivity index (χ1v) is 5.94. The van der Waals surface area contributed by atoms with Gasteiger partial charge in [-0.05, 0) is 37.3 Å². The summed E-state index contributed by atoms with van der Waals surface area (Å²) in [6.07, 6.45) is 3.51. The third kappa shape index (κ3) is 2.07. The number of fused-ring (bicyclic) bond motifs is 1. The van der Waals surface area contributed by atoms with Gasteiger partial charge in [0.2, 0.25) is 0 Å². The molecule has 0 aliphatic carbocycles. The summed E-state index contributed by atoms with van der Waals surface area (Å²) in [5.74, 6) is 0.924. The molecule has 0 unspecified atom stereocenters. The number of rotatable bonds is 3. The number of nitrogens with one attached hydrogen (secondary N) is 1. The maximum Gasteiger partial charge on any atom is 0.122 e. The fourth-order valence-electron chi connectivity index (χ4n) is 2.01. The van der Waals surface area contributed by atoms with E-state index in [1.165, 1.54) is 5.56 Å². The second-order valence-corrected chi connectivity index (χ2v) is 4.31. The van der Waals surface area contributed by atoms with Crippen LogP contribution in [0.1, 0.15) is 11.3 Å². The van der Waals surface area contributed by atoms with Crippen LogP contribution in [0.15, 0.2) is 53.3 Å². The van der Waals surface area contributed by atoms with Gasteiger partial charge in [-0.2, -0.15) is 0 Å². The molecule has 0 atom stereocenters. The molecule has 2 heterocycles. The van der Waals surface area contributed by atoms with Crippen molar-refractivity contribution in [1.82, 2.24) is 4.98 Å². The van der Waals surface area contributed by atoms with Crippen molar-refractivity contribution >= 4 is 16.6 Å². The lowest BCUT2D eigenvalue weighted by Gasteiger charge is -2.08. The van der Waals surface area contributed by atoms with Gasteiger partial charge in [0, 0.05) is 17.3 Å². The average molecular weight is 238 g/mol. The zero-order valence-electron chi connectivity index (χ0n) is 10.2. The Morgan fingerprint density at radius 3 is 3.00 bits per heavy atom. The molecule has 3 aromatic rings. The maximum atomic E-state index is 5.31. The summed E-state index contributed by atoms with van der Waals surface area (Å²) in [6.45, 7) is 2.77. The number of hydrogen-bond acceptors (Lipinski definition) is 3. The summed E-state index contributed by atoms with van der Waals surface area (Å²) in [5.41, 5.74) is 3.32. The van der Waals surface area contributed by atoms with E-state index in [1.807, 2.05) is 30.5 Å². The highest BCUT2D eigenvalue weighted by Gasteiger charge is 2.02. The van der Waals surface area contributed by atoms with Gasteiger partial charge in [0.05, 0.1) is 18.3 Å². The number of pyridine rings is 1. The molecule has 2 aromatic heterocycles. The van der Waals surface area contributed by atoms with Crippen LogP contribution in [0, 0.1) is 6.92 Å². The second kappa shape index (κ2) is 4.53. The molecule has 0 aliphatic heterocycles. The molecule has 0 fully saturated rings. The molecule has 1 N–H and O–H groups in total. The molecule has 3 rings (SSSR count). The van der Waals surface area contributed by atoms with Crippen LogP contribution in [0.5, 0.6) is 0 Å². The standard InChI is InChI=1S/C15H14N2O/c1-11-4-5-14-13(9-11)15(6-7-16-14)17-10-12-3-2-8-18-12/h2-9H,10H2,1H3,(H,16,17). The van der Waals surface area contributed by atoms with E-state index >= 15 is 0 Å². The van der Waals surface area contributed by atoms with Crippen molar-refractivity contribution in [1.29, 1.82) is 0 Å². The van der Waals surface area contributed by atoms with Gasteiger partial charge in [0.15, 0.2) is 0 Å². The number of anilines is 1. The second-order valence-electron chi connectivity index (χ2n) is 4.31. The number of hydrogen-bond donors (Lipinski definition) is 1. The van der Waals surface area contributed by atoms with Gasteiger partial charge in [-0.1, -0.05) is 11.6 Å². The zero-order valence-corrected chi connectivity index (χ0v) is 10.2. The molecular weight excluding hydrogens is 224 g/mol. The average Bonchev–Trinajstić information content (AvgIpc) is 2.89. The minimum Gasteiger partial charge on any atom is -0.467 e. The SMILES string of the molecule is Cc1ccc2nccc(NCc3ccco3)c2c1. The summed E-state index contributed by atoms with van der Waals surface area (Å²) in [6, 6.07) is 12.1. The van der Waals surface area contributed by atoms with Crippen LogP contribution < -0.4 is 5.32 Å². The number of benzene rings is 1. The molecule has 0 saturated heterocycles. The van der Waals surface area contributed by atoms with Gasteiger partial charge in [0.1, 0.15) is 5.76 Å². The Kier molecular flexibility index (Phi) is 2.73. The van der Waals surface area contributed by atoms with Crippen LogP contribution in [0.2, 0.25) is 0 Å². The Morgan fingerprint density at radius 1 is 1.22 bits per heavy atom. The zero-order chi connectivity index (χ0) is 12.4. The van der Waals surface area contributed by atoms with Gasteiger partial charge in [-0.3, -0.25) is 4.98 Å². The van der Waals surface area contributed by atoms with Gasteiger partial charge in [0.25, 0.3) is 0 Å². The fraction of sp³-hybridized carbons (Fsp3) is 0.133. The van der Waals surface area contributed by atoms with Crippen molar-refractivity contribution in [3.8, 4) is 0 Å². The van der Waals surface area contributed by atoms with Gasteiger partial charge >= 0.3 is 0 Å². The molecule has 0 bridgehead atoms. The van der Waals surface area contributed by atoms with E-state index in [0.29, 0.717) is 6.54 Å². The van der Waals surface area contributed by atoms with Gasteiger partial charge in [-0.15, -0.1) is 0 Å². The molecular formula is C15H14N2O. The molecule has 0 spiro atoms. The number of furan rings is 1. The van der Waals surface area contributed by atoms with Crippen LogP contribution in [0.3, 0.4) is 0 Å². The van der Waals surface area contributed by atoms with E-state index in [4.69, 9.17) is 4.42 Å². The molecule has 18 heavy (non-hydrogen) atoms. The third-order valence-electron chi connectivity index (χ3n) is 2.93. The van der Waals surface area contributed by atoms with Crippen LogP contribution >= 0.6 is 0 Å². The topological polar surface area (TPSA) is 38.1 Å². The minimum absolute atomic E-state index is 0.681. The molecule has 90 valence electrons. The smallest absolute Gasteiger partial charge is 0.122 e. The van der Waals surface area contributed by atoms with Gasteiger partial charge < -0.3 is 9.73 Å². The summed E-state index contributed by atoms with van der Waals surface area (Å²) in [4.78, 5) is 4.36. The first-order valence-electron chi connectivity index (χ1n) is 5.94. The number of nitrogens with zero attached hydrogens (tertiary/aromatic N) is 1. The Morgan fingerprint density at radius 2 is 2.17 bits per heavy atom. The number of aromatic nitrogens is 1. The van der Waals surface area contributed by atoms with Crippen LogP contribution in [0.25, 0.3) is 10.9 Å². The molecule has 0 aliphatic rings. The predicted octanol–water partition coefficient (Wildman–Crippen LogP) is 3.75. The van der Waals surface area contributed by atoms with E-state index in [1.54, 1.807) is 6.26 Å². The molecule has 3 heteroatoms. The third-order valence-corrected chi connectivity index (χ3v) is 2.93. The molecule has 0 amide bonds. The highest BCUT2D eigenvalue weighted by Crippen LogP contribution is 2.23. The first kappa shape index (κ1) is 10.8. The lowest BCUT2D eigenvalue weighted by atomic mass is 10.1. The number of aryl methyl sites for hydroxylation is 1. The monoisotopic (exact) mass is 238 g/mol. The Bertz CT molecular complexity index is 659. The first-order chi connectivity index (χ1) is 8.83.